The highest BCUT2D eigenvalue weighted by Crippen LogP contribution is 2.21. The van der Waals surface area contributed by atoms with Crippen molar-refractivity contribution in [3.8, 4) is 5.75 Å². The van der Waals surface area contributed by atoms with Crippen LogP contribution in [0.1, 0.15) is 27.6 Å². The quantitative estimate of drug-likeness (QED) is 0.600. The number of halogens is 1. The number of benzene rings is 3. The molecule has 0 heterocycles. The van der Waals surface area contributed by atoms with Crippen LogP contribution in [0.2, 0.25) is 5.02 Å². The highest BCUT2D eigenvalue weighted by atomic mass is 35.5. The van der Waals surface area contributed by atoms with Gasteiger partial charge in [-0.25, -0.2) is 0 Å². The molecule has 3 rings (SSSR count). The molecule has 2 N–H and O–H groups in total. The number of amides is 2. The monoisotopic (exact) mass is 394 g/mol. The van der Waals surface area contributed by atoms with Crippen LogP contribution in [-0.4, -0.2) is 18.4 Å². The highest BCUT2D eigenvalue weighted by molar-refractivity contribution is 6.31. The van der Waals surface area contributed by atoms with E-state index < -0.39 is 0 Å². The molecule has 0 aliphatic heterocycles. The number of anilines is 2. The second-order valence-corrected chi connectivity index (χ2v) is 6.37. The Morgan fingerprint density at radius 1 is 0.857 bits per heavy atom. The van der Waals surface area contributed by atoms with E-state index in [0.29, 0.717) is 39.9 Å². The molecule has 3 aromatic carbocycles. The molecule has 0 aromatic heterocycles. The highest BCUT2D eigenvalue weighted by Gasteiger charge is 2.13. The van der Waals surface area contributed by atoms with Gasteiger partial charge in [0.15, 0.2) is 0 Å². The predicted octanol–water partition coefficient (Wildman–Crippen LogP) is 5.24. The molecule has 3 aromatic rings. The maximum atomic E-state index is 12.6. The summed E-state index contributed by atoms with van der Waals surface area (Å²) in [6.07, 6.45) is 0. The number of hydrogen-bond donors (Lipinski definition) is 2. The van der Waals surface area contributed by atoms with Gasteiger partial charge in [0.1, 0.15) is 5.75 Å². The zero-order valence-electron chi connectivity index (χ0n) is 15.2. The van der Waals surface area contributed by atoms with E-state index >= 15 is 0 Å². The van der Waals surface area contributed by atoms with E-state index in [2.05, 4.69) is 10.6 Å². The largest absolute Gasteiger partial charge is 0.493 e. The SMILES string of the molecule is CCOc1ccccc1C(=O)Nc1cccc(C(=O)Nc2cccc(Cl)c2)c1. The zero-order chi connectivity index (χ0) is 19.9. The smallest absolute Gasteiger partial charge is 0.259 e. The van der Waals surface area contributed by atoms with Gasteiger partial charge in [-0.3, -0.25) is 9.59 Å². The number of nitrogens with one attached hydrogen (secondary N) is 2. The first kappa shape index (κ1) is 19.5. The molecular weight excluding hydrogens is 376 g/mol. The second-order valence-electron chi connectivity index (χ2n) is 5.93. The van der Waals surface area contributed by atoms with E-state index in [9.17, 15) is 9.59 Å². The second kappa shape index (κ2) is 9.06. The van der Waals surface area contributed by atoms with Crippen LogP contribution in [0, 0.1) is 0 Å². The van der Waals surface area contributed by atoms with Gasteiger partial charge in [-0.2, -0.15) is 0 Å². The van der Waals surface area contributed by atoms with Crippen LogP contribution in [0.25, 0.3) is 0 Å². The minimum absolute atomic E-state index is 0.298. The Hall–Kier alpha value is -3.31. The van der Waals surface area contributed by atoms with Gasteiger partial charge < -0.3 is 15.4 Å². The summed E-state index contributed by atoms with van der Waals surface area (Å²) in [5.41, 5.74) is 1.95. The van der Waals surface area contributed by atoms with E-state index in [4.69, 9.17) is 16.3 Å². The molecule has 0 fully saturated rings. The minimum atomic E-state index is -0.309. The topological polar surface area (TPSA) is 67.4 Å². The van der Waals surface area contributed by atoms with Gasteiger partial charge in [0.25, 0.3) is 11.8 Å². The summed E-state index contributed by atoms with van der Waals surface area (Å²) in [4.78, 5) is 25.1. The van der Waals surface area contributed by atoms with Crippen LogP contribution in [0.4, 0.5) is 11.4 Å². The van der Waals surface area contributed by atoms with Crippen LogP contribution in [-0.2, 0) is 0 Å². The molecule has 5 nitrogen and oxygen atoms in total. The number of carbonyl (C=O) groups excluding carboxylic acids is 2. The third-order valence-corrected chi connectivity index (χ3v) is 4.13. The van der Waals surface area contributed by atoms with E-state index in [1.807, 2.05) is 13.0 Å². The molecule has 0 aliphatic rings. The van der Waals surface area contributed by atoms with Crippen molar-refractivity contribution in [3.05, 3.63) is 88.9 Å². The maximum absolute atomic E-state index is 12.6. The van der Waals surface area contributed by atoms with Crippen molar-refractivity contribution in [2.45, 2.75) is 6.92 Å². The van der Waals surface area contributed by atoms with E-state index in [1.54, 1.807) is 66.7 Å². The number of carbonyl (C=O) groups is 2. The summed E-state index contributed by atoms with van der Waals surface area (Å²) in [5.74, 6) is -0.0955. The molecule has 0 aliphatic carbocycles. The molecule has 0 unspecified atom stereocenters. The number of ether oxygens (including phenoxy) is 1. The Kier molecular flexibility index (Phi) is 6.29. The third-order valence-electron chi connectivity index (χ3n) is 3.90. The van der Waals surface area contributed by atoms with Crippen LogP contribution in [0.5, 0.6) is 5.75 Å². The van der Waals surface area contributed by atoms with Crippen molar-refractivity contribution in [1.29, 1.82) is 0 Å². The number of hydrogen-bond acceptors (Lipinski definition) is 3. The Labute approximate surface area is 168 Å². The first-order valence-electron chi connectivity index (χ1n) is 8.77. The average Bonchev–Trinajstić information content (AvgIpc) is 2.69. The Bertz CT molecular complexity index is 1000. The predicted molar refractivity (Wildman–Crippen MR) is 111 cm³/mol. The Morgan fingerprint density at radius 2 is 1.54 bits per heavy atom. The van der Waals surface area contributed by atoms with Crippen LogP contribution in [0.3, 0.4) is 0 Å². The van der Waals surface area contributed by atoms with Gasteiger partial charge >= 0.3 is 0 Å². The standard InChI is InChI=1S/C22H19ClN2O3/c1-2-28-20-12-4-3-11-19(20)22(27)25-17-9-5-7-15(13-17)21(26)24-18-10-6-8-16(23)14-18/h3-14H,2H2,1H3,(H,24,26)(H,25,27). The molecule has 0 saturated heterocycles. The molecular formula is C22H19ClN2O3. The summed E-state index contributed by atoms with van der Waals surface area (Å²) in [6.45, 7) is 2.32. The van der Waals surface area contributed by atoms with Crippen molar-refractivity contribution >= 4 is 34.8 Å². The van der Waals surface area contributed by atoms with Crippen LogP contribution in [0.15, 0.2) is 72.8 Å². The lowest BCUT2D eigenvalue weighted by atomic mass is 10.1. The van der Waals surface area contributed by atoms with Gasteiger partial charge in [-0.15, -0.1) is 0 Å². The fourth-order valence-electron chi connectivity index (χ4n) is 2.64. The van der Waals surface area contributed by atoms with Crippen molar-refractivity contribution < 1.29 is 14.3 Å². The molecule has 0 bridgehead atoms. The summed E-state index contributed by atoms with van der Waals surface area (Å²) in [7, 11) is 0. The Balaban J connectivity index is 1.74. The molecule has 28 heavy (non-hydrogen) atoms. The fourth-order valence-corrected chi connectivity index (χ4v) is 2.83. The van der Waals surface area contributed by atoms with E-state index in [-0.39, 0.29) is 11.8 Å². The van der Waals surface area contributed by atoms with E-state index in [1.165, 1.54) is 0 Å². The molecule has 0 spiro atoms. The average molecular weight is 395 g/mol. The van der Waals surface area contributed by atoms with Crippen molar-refractivity contribution in [2.24, 2.45) is 0 Å². The maximum Gasteiger partial charge on any atom is 0.259 e. The van der Waals surface area contributed by atoms with Gasteiger partial charge in [0, 0.05) is 22.0 Å². The minimum Gasteiger partial charge on any atom is -0.493 e. The molecule has 0 radical (unpaired) electrons. The lowest BCUT2D eigenvalue weighted by Gasteiger charge is -2.11. The summed E-state index contributed by atoms with van der Waals surface area (Å²) < 4.78 is 5.50. The molecule has 0 atom stereocenters. The van der Waals surface area contributed by atoms with E-state index in [0.717, 1.165) is 0 Å². The molecule has 0 saturated carbocycles. The van der Waals surface area contributed by atoms with Crippen molar-refractivity contribution in [1.82, 2.24) is 0 Å². The third kappa shape index (κ3) is 4.90. The molecule has 142 valence electrons. The summed E-state index contributed by atoms with van der Waals surface area (Å²) >= 11 is 5.94. The Morgan fingerprint density at radius 3 is 2.29 bits per heavy atom. The number of rotatable bonds is 6. The molecule has 2 amide bonds. The normalized spacial score (nSPS) is 10.2. The van der Waals surface area contributed by atoms with Crippen molar-refractivity contribution in [2.75, 3.05) is 17.2 Å². The van der Waals surface area contributed by atoms with Crippen LogP contribution < -0.4 is 15.4 Å². The van der Waals surface area contributed by atoms with Gasteiger partial charge in [0.2, 0.25) is 0 Å². The number of para-hydroxylation sites is 1. The van der Waals surface area contributed by atoms with Gasteiger partial charge in [-0.05, 0) is 55.5 Å². The van der Waals surface area contributed by atoms with Gasteiger partial charge in [0.05, 0.1) is 12.2 Å². The lowest BCUT2D eigenvalue weighted by molar-refractivity contribution is 0.101. The lowest BCUT2D eigenvalue weighted by Crippen LogP contribution is -2.15. The van der Waals surface area contributed by atoms with Crippen molar-refractivity contribution in [3.63, 3.8) is 0 Å². The first-order chi connectivity index (χ1) is 13.6. The summed E-state index contributed by atoms with van der Waals surface area (Å²) in [6, 6.07) is 20.6. The van der Waals surface area contributed by atoms with Gasteiger partial charge in [-0.1, -0.05) is 35.9 Å². The first-order valence-corrected chi connectivity index (χ1v) is 9.15. The molecule has 6 heteroatoms. The summed E-state index contributed by atoms with van der Waals surface area (Å²) in [5, 5.41) is 6.12. The fraction of sp³-hybridized carbons (Fsp3) is 0.0909. The van der Waals surface area contributed by atoms with Crippen LogP contribution >= 0.6 is 11.6 Å². The zero-order valence-corrected chi connectivity index (χ0v) is 16.0.